The Morgan fingerprint density at radius 3 is 0.696 bits per heavy atom. The molecule has 0 aliphatic carbocycles. The molecular formula is C22H30Sn. The van der Waals surface area contributed by atoms with Gasteiger partial charge in [0.2, 0.25) is 0 Å². The molecule has 0 aliphatic heterocycles. The molecule has 23 heavy (non-hydrogen) atoms. The molecule has 1 heteroatoms. The monoisotopic (exact) mass is 414 g/mol. The molecule has 0 N–H and O–H groups in total. The van der Waals surface area contributed by atoms with E-state index in [2.05, 4.69) is 69.2 Å². The summed E-state index contributed by atoms with van der Waals surface area (Å²) in [6, 6.07) is 0. The Labute approximate surface area is 152 Å². The van der Waals surface area contributed by atoms with Crippen molar-refractivity contribution >= 4 is 28.3 Å². The molecule has 2 rings (SSSR count). The van der Waals surface area contributed by atoms with Gasteiger partial charge in [-0.3, -0.25) is 0 Å². The molecule has 0 aromatic heterocycles. The first-order valence-electron chi connectivity index (χ1n) is 8.50. The van der Waals surface area contributed by atoms with Crippen molar-refractivity contribution in [1.82, 2.24) is 0 Å². The van der Waals surface area contributed by atoms with Crippen LogP contribution in [0.1, 0.15) is 55.6 Å². The fraction of sp³-hybridized carbons (Fsp3) is 0.455. The van der Waals surface area contributed by atoms with Gasteiger partial charge in [-0.05, 0) is 0 Å². The first-order chi connectivity index (χ1) is 10.6. The van der Waals surface area contributed by atoms with Crippen molar-refractivity contribution < 1.29 is 0 Å². The van der Waals surface area contributed by atoms with Crippen LogP contribution in [0.15, 0.2) is 0 Å². The normalized spacial score (nSPS) is 11.2. The maximum atomic E-state index is 2.34. The van der Waals surface area contributed by atoms with Gasteiger partial charge in [-0.2, -0.15) is 0 Å². The summed E-state index contributed by atoms with van der Waals surface area (Å²) < 4.78 is 3.39. The van der Waals surface area contributed by atoms with Gasteiger partial charge < -0.3 is 0 Å². The number of rotatable bonds is 2. The molecule has 0 saturated carbocycles. The van der Waals surface area contributed by atoms with Gasteiger partial charge in [-0.25, -0.2) is 0 Å². The molecule has 0 amide bonds. The number of hydrogen-bond acceptors (Lipinski definition) is 0. The van der Waals surface area contributed by atoms with Crippen molar-refractivity contribution in [3.05, 3.63) is 55.6 Å². The molecule has 0 nitrogen and oxygen atoms in total. The van der Waals surface area contributed by atoms with E-state index in [-0.39, 0.29) is 0 Å². The van der Waals surface area contributed by atoms with Gasteiger partial charge in [0, 0.05) is 0 Å². The average molecular weight is 413 g/mol. The van der Waals surface area contributed by atoms with E-state index in [0.29, 0.717) is 0 Å². The zero-order chi connectivity index (χ0) is 17.6. The van der Waals surface area contributed by atoms with Crippen LogP contribution in [-0.2, 0) is 0 Å². The number of benzene rings is 2. The third kappa shape index (κ3) is 2.99. The summed E-state index contributed by atoms with van der Waals surface area (Å²) in [5.41, 5.74) is 15.2. The molecule has 2 aromatic carbocycles. The second-order valence-corrected chi connectivity index (χ2v) is 10.7. The fourth-order valence-corrected chi connectivity index (χ4v) is 8.49. The number of hydrogen-bond donors (Lipinski definition) is 0. The van der Waals surface area contributed by atoms with Crippen molar-refractivity contribution in [1.29, 1.82) is 0 Å². The molecule has 122 valence electrons. The summed E-state index contributed by atoms with van der Waals surface area (Å²) in [5, 5.41) is 0. The topological polar surface area (TPSA) is 0 Å². The first-order valence-corrected chi connectivity index (χ1v) is 11.4. The van der Waals surface area contributed by atoms with Crippen LogP contribution in [0.2, 0.25) is 0 Å². The fourth-order valence-electron chi connectivity index (χ4n) is 3.50. The Morgan fingerprint density at radius 1 is 0.304 bits per heavy atom. The molecule has 0 fully saturated rings. The Bertz CT molecular complexity index is 669. The van der Waals surface area contributed by atoms with Gasteiger partial charge in [0.05, 0.1) is 0 Å². The van der Waals surface area contributed by atoms with E-state index in [1.165, 1.54) is 33.4 Å². The Balaban J connectivity index is 2.71. The van der Waals surface area contributed by atoms with E-state index in [9.17, 15) is 0 Å². The first kappa shape index (κ1) is 18.6. The van der Waals surface area contributed by atoms with Gasteiger partial charge >= 0.3 is 153 Å². The van der Waals surface area contributed by atoms with Crippen LogP contribution in [0.3, 0.4) is 0 Å². The Morgan fingerprint density at radius 2 is 0.478 bits per heavy atom. The summed E-state index contributed by atoms with van der Waals surface area (Å²) in [6.45, 7) is 23.1. The van der Waals surface area contributed by atoms with Crippen molar-refractivity contribution in [3.8, 4) is 0 Å². The summed E-state index contributed by atoms with van der Waals surface area (Å²) in [7, 11) is 0. The van der Waals surface area contributed by atoms with Crippen LogP contribution >= 0.6 is 0 Å². The molecule has 0 saturated heterocycles. The molecule has 0 aliphatic rings. The van der Waals surface area contributed by atoms with Gasteiger partial charge in [0.15, 0.2) is 0 Å². The second-order valence-electron chi connectivity index (χ2n) is 7.12. The van der Waals surface area contributed by atoms with Crippen LogP contribution in [0, 0.1) is 69.2 Å². The molecule has 2 radical (unpaired) electrons. The van der Waals surface area contributed by atoms with E-state index >= 15 is 0 Å². The van der Waals surface area contributed by atoms with Gasteiger partial charge in [-0.1, -0.05) is 0 Å². The second kappa shape index (κ2) is 6.62. The Hall–Kier alpha value is -0.761. The minimum absolute atomic E-state index is 0.808. The zero-order valence-corrected chi connectivity index (χ0v) is 19.4. The molecule has 0 unspecified atom stereocenters. The predicted octanol–water partition coefficient (Wildman–Crippen LogP) is 4.43. The van der Waals surface area contributed by atoms with Crippen molar-refractivity contribution in [3.63, 3.8) is 0 Å². The summed E-state index contributed by atoms with van der Waals surface area (Å²) in [4.78, 5) is 0. The van der Waals surface area contributed by atoms with Gasteiger partial charge in [0.25, 0.3) is 0 Å². The molecule has 2 aromatic rings. The molecule has 0 bridgehead atoms. The van der Waals surface area contributed by atoms with E-state index in [1.54, 1.807) is 29.4 Å². The van der Waals surface area contributed by atoms with Crippen molar-refractivity contribution in [2.24, 2.45) is 0 Å². The van der Waals surface area contributed by atoms with Crippen LogP contribution in [-0.4, -0.2) is 21.1 Å². The van der Waals surface area contributed by atoms with E-state index in [4.69, 9.17) is 0 Å². The van der Waals surface area contributed by atoms with E-state index in [0.717, 1.165) is 0 Å². The summed E-state index contributed by atoms with van der Waals surface area (Å²) >= 11 is -0.808. The summed E-state index contributed by atoms with van der Waals surface area (Å²) in [5.74, 6) is 0. The SMILES string of the molecule is Cc1c(C)c(C)[c]([Sn][c]2c(C)c(C)c(C)c(C)c2C)c(C)c1C. The maximum absolute atomic E-state index is 2.34. The molecule has 0 spiro atoms. The van der Waals surface area contributed by atoms with Gasteiger partial charge in [-0.15, -0.1) is 0 Å². The molecule has 0 atom stereocenters. The third-order valence-corrected chi connectivity index (χ3v) is 12.0. The third-order valence-electron chi connectivity index (χ3n) is 6.25. The average Bonchev–Trinajstić information content (AvgIpc) is 2.54. The van der Waals surface area contributed by atoms with E-state index < -0.39 is 21.1 Å². The standard InChI is InChI=1S/2C11H15.Sn/c2*1-7-6-8(2)10(4)11(5)9(7)3;/h2*1-5H3;. The molecule has 0 heterocycles. The quantitative estimate of drug-likeness (QED) is 0.640. The van der Waals surface area contributed by atoms with Crippen LogP contribution < -0.4 is 7.16 Å². The Kier molecular flexibility index (Phi) is 5.35. The zero-order valence-electron chi connectivity index (χ0n) is 16.5. The van der Waals surface area contributed by atoms with Crippen LogP contribution in [0.25, 0.3) is 0 Å². The molecular weight excluding hydrogens is 383 g/mol. The van der Waals surface area contributed by atoms with Crippen molar-refractivity contribution in [2.45, 2.75) is 69.2 Å². The summed E-state index contributed by atoms with van der Waals surface area (Å²) in [6.07, 6.45) is 0. The predicted molar refractivity (Wildman–Crippen MR) is 105 cm³/mol. The van der Waals surface area contributed by atoms with Gasteiger partial charge in [0.1, 0.15) is 0 Å². The van der Waals surface area contributed by atoms with E-state index in [1.807, 2.05) is 0 Å². The minimum atomic E-state index is -0.808. The van der Waals surface area contributed by atoms with Crippen molar-refractivity contribution in [2.75, 3.05) is 0 Å². The van der Waals surface area contributed by atoms with Crippen LogP contribution in [0.5, 0.6) is 0 Å². The van der Waals surface area contributed by atoms with Crippen LogP contribution in [0.4, 0.5) is 0 Å².